The lowest BCUT2D eigenvalue weighted by molar-refractivity contribution is -0.886. The van der Waals surface area contributed by atoms with Crippen LogP contribution >= 0.6 is 0 Å². The Morgan fingerprint density at radius 2 is 1.64 bits per heavy atom. The van der Waals surface area contributed by atoms with Crippen molar-refractivity contribution in [1.29, 1.82) is 0 Å². The largest absolute Gasteiger partial charge is 0.346 e. The van der Waals surface area contributed by atoms with Gasteiger partial charge in [-0.1, -0.05) is 6.42 Å². The van der Waals surface area contributed by atoms with Crippen LogP contribution in [0.15, 0.2) is 29.2 Å². The first-order valence-corrected chi connectivity index (χ1v) is 10.7. The highest BCUT2D eigenvalue weighted by Crippen LogP contribution is 2.20. The molecule has 25 heavy (non-hydrogen) atoms. The number of benzene rings is 1. The maximum atomic E-state index is 12.6. The second-order valence-electron chi connectivity index (χ2n) is 6.95. The molecule has 1 aromatic rings. The molecular formula is C18H28N3O3S+. The third kappa shape index (κ3) is 4.59. The van der Waals surface area contributed by atoms with E-state index >= 15 is 0 Å². The van der Waals surface area contributed by atoms with Crippen molar-refractivity contribution >= 4 is 15.9 Å². The van der Waals surface area contributed by atoms with Gasteiger partial charge in [0.25, 0.3) is 5.91 Å². The first kappa shape index (κ1) is 18.4. The minimum atomic E-state index is -3.43. The molecular weight excluding hydrogens is 338 g/mol. The minimum absolute atomic E-state index is 0.138. The lowest BCUT2D eigenvalue weighted by Crippen LogP contribution is -3.10. The summed E-state index contributed by atoms with van der Waals surface area (Å²) in [6.45, 7) is 5.17. The van der Waals surface area contributed by atoms with Gasteiger partial charge in [-0.2, -0.15) is 4.31 Å². The Morgan fingerprint density at radius 3 is 2.28 bits per heavy atom. The molecule has 1 aromatic carbocycles. The van der Waals surface area contributed by atoms with Crippen LogP contribution in [0.1, 0.15) is 42.5 Å². The van der Waals surface area contributed by atoms with Crippen LogP contribution < -0.4 is 10.2 Å². The van der Waals surface area contributed by atoms with E-state index in [0.717, 1.165) is 25.8 Å². The zero-order chi connectivity index (χ0) is 17.7. The third-order valence-electron chi connectivity index (χ3n) is 5.14. The highest BCUT2D eigenvalue weighted by atomic mass is 32.2. The second-order valence-corrected chi connectivity index (χ2v) is 8.89. The number of quaternary nitrogens is 1. The van der Waals surface area contributed by atoms with E-state index < -0.39 is 10.0 Å². The standard InChI is InChI=1S/C18H27N3O3S/c22-18(19-10-15-20-11-4-5-12-20)16-6-8-17(9-7-16)25(23,24)21-13-2-1-3-14-21/h6-9H,1-5,10-15H2,(H,19,22)/p+1. The summed E-state index contributed by atoms with van der Waals surface area (Å²) in [5, 5.41) is 2.93. The van der Waals surface area contributed by atoms with Crippen molar-refractivity contribution < 1.29 is 18.1 Å². The van der Waals surface area contributed by atoms with Gasteiger partial charge in [-0.3, -0.25) is 4.79 Å². The average molecular weight is 367 g/mol. The van der Waals surface area contributed by atoms with Crippen molar-refractivity contribution in [2.24, 2.45) is 0 Å². The quantitative estimate of drug-likeness (QED) is 0.759. The molecule has 0 atom stereocenters. The van der Waals surface area contributed by atoms with Gasteiger partial charge in [-0.15, -0.1) is 0 Å². The van der Waals surface area contributed by atoms with Crippen LogP contribution in [-0.2, 0) is 10.0 Å². The van der Waals surface area contributed by atoms with Crippen molar-refractivity contribution in [3.8, 4) is 0 Å². The summed E-state index contributed by atoms with van der Waals surface area (Å²) in [6, 6.07) is 6.30. The molecule has 6 nitrogen and oxygen atoms in total. The van der Waals surface area contributed by atoms with Gasteiger partial charge in [-0.25, -0.2) is 8.42 Å². The molecule has 0 aliphatic carbocycles. The van der Waals surface area contributed by atoms with Gasteiger partial charge < -0.3 is 10.2 Å². The van der Waals surface area contributed by atoms with E-state index in [1.165, 1.54) is 25.9 Å². The molecule has 7 heteroatoms. The van der Waals surface area contributed by atoms with Gasteiger partial charge in [0.1, 0.15) is 0 Å². The van der Waals surface area contributed by atoms with E-state index in [9.17, 15) is 13.2 Å². The van der Waals surface area contributed by atoms with Gasteiger partial charge in [0, 0.05) is 31.5 Å². The summed E-state index contributed by atoms with van der Waals surface area (Å²) in [6.07, 6.45) is 5.47. The molecule has 3 rings (SSSR count). The summed E-state index contributed by atoms with van der Waals surface area (Å²) < 4.78 is 26.8. The Morgan fingerprint density at radius 1 is 1.00 bits per heavy atom. The van der Waals surface area contributed by atoms with Crippen LogP contribution in [0.2, 0.25) is 0 Å². The first-order chi connectivity index (χ1) is 12.1. The number of nitrogens with one attached hydrogen (secondary N) is 2. The van der Waals surface area contributed by atoms with Crippen LogP contribution in [0.4, 0.5) is 0 Å². The van der Waals surface area contributed by atoms with E-state index in [4.69, 9.17) is 0 Å². The molecule has 0 aromatic heterocycles. The fraction of sp³-hybridized carbons (Fsp3) is 0.611. The predicted molar refractivity (Wildman–Crippen MR) is 96.2 cm³/mol. The Kier molecular flexibility index (Phi) is 6.09. The molecule has 1 amide bonds. The van der Waals surface area contributed by atoms with Gasteiger partial charge in [-0.05, 0) is 37.1 Å². The summed E-state index contributed by atoms with van der Waals surface area (Å²) in [5.41, 5.74) is 0.508. The lowest BCUT2D eigenvalue weighted by Gasteiger charge is -2.25. The van der Waals surface area contributed by atoms with E-state index in [0.29, 0.717) is 25.2 Å². The molecule has 0 unspecified atom stereocenters. The van der Waals surface area contributed by atoms with Gasteiger partial charge >= 0.3 is 0 Å². The summed E-state index contributed by atoms with van der Waals surface area (Å²) in [7, 11) is -3.43. The smallest absolute Gasteiger partial charge is 0.251 e. The monoisotopic (exact) mass is 366 g/mol. The molecule has 2 N–H and O–H groups in total. The van der Waals surface area contributed by atoms with Crippen molar-refractivity contribution in [1.82, 2.24) is 9.62 Å². The molecule has 0 radical (unpaired) electrons. The van der Waals surface area contributed by atoms with Crippen LogP contribution in [-0.4, -0.2) is 57.9 Å². The zero-order valence-electron chi connectivity index (χ0n) is 14.7. The number of rotatable bonds is 6. The van der Waals surface area contributed by atoms with Crippen molar-refractivity contribution in [3.05, 3.63) is 29.8 Å². The fourth-order valence-corrected chi connectivity index (χ4v) is 5.13. The van der Waals surface area contributed by atoms with E-state index in [1.807, 2.05) is 0 Å². The number of carbonyl (C=O) groups is 1. The fourth-order valence-electron chi connectivity index (χ4n) is 3.61. The van der Waals surface area contributed by atoms with Crippen LogP contribution in [0.25, 0.3) is 0 Å². The molecule has 2 fully saturated rings. The highest BCUT2D eigenvalue weighted by molar-refractivity contribution is 7.89. The lowest BCUT2D eigenvalue weighted by atomic mass is 10.2. The molecule has 2 aliphatic rings. The molecule has 2 heterocycles. The second kappa shape index (κ2) is 8.29. The number of hydrogen-bond donors (Lipinski definition) is 2. The van der Waals surface area contributed by atoms with Crippen LogP contribution in [0.3, 0.4) is 0 Å². The molecule has 0 spiro atoms. The van der Waals surface area contributed by atoms with Crippen LogP contribution in [0.5, 0.6) is 0 Å². The summed E-state index contributed by atoms with van der Waals surface area (Å²) in [5.74, 6) is -0.138. The molecule has 2 saturated heterocycles. The van der Waals surface area contributed by atoms with Crippen molar-refractivity contribution in [2.75, 3.05) is 39.3 Å². The molecule has 138 valence electrons. The highest BCUT2D eigenvalue weighted by Gasteiger charge is 2.26. The SMILES string of the molecule is O=C(NCC[NH+]1CCCC1)c1ccc(S(=O)(=O)N2CCCCC2)cc1. The number of likely N-dealkylation sites (tertiary alicyclic amines) is 1. The van der Waals surface area contributed by atoms with Gasteiger partial charge in [0.05, 0.1) is 31.1 Å². The van der Waals surface area contributed by atoms with Gasteiger partial charge in [0.2, 0.25) is 10.0 Å². The third-order valence-corrected chi connectivity index (χ3v) is 7.06. The molecule has 0 bridgehead atoms. The van der Waals surface area contributed by atoms with E-state index in [2.05, 4.69) is 5.32 Å². The predicted octanol–water partition coefficient (Wildman–Crippen LogP) is 0.270. The number of hydrogen-bond acceptors (Lipinski definition) is 3. The maximum absolute atomic E-state index is 12.6. The Hall–Kier alpha value is -1.44. The van der Waals surface area contributed by atoms with Crippen LogP contribution in [0, 0.1) is 0 Å². The number of sulfonamides is 1. The Labute approximate surface area is 150 Å². The maximum Gasteiger partial charge on any atom is 0.251 e. The molecule has 0 saturated carbocycles. The summed E-state index contributed by atoms with van der Waals surface area (Å²) >= 11 is 0. The number of piperidine rings is 1. The average Bonchev–Trinajstić information content (AvgIpc) is 3.16. The number of carbonyl (C=O) groups excluding carboxylic acids is 1. The minimum Gasteiger partial charge on any atom is -0.346 e. The summed E-state index contributed by atoms with van der Waals surface area (Å²) in [4.78, 5) is 14.0. The van der Waals surface area contributed by atoms with E-state index in [-0.39, 0.29) is 10.8 Å². The number of nitrogens with zero attached hydrogens (tertiary/aromatic N) is 1. The molecule has 2 aliphatic heterocycles. The Balaban J connectivity index is 1.56. The van der Waals surface area contributed by atoms with Crippen molar-refractivity contribution in [3.63, 3.8) is 0 Å². The number of amides is 1. The topological polar surface area (TPSA) is 70.9 Å². The Bertz CT molecular complexity index is 676. The zero-order valence-corrected chi connectivity index (χ0v) is 15.5. The van der Waals surface area contributed by atoms with Crippen molar-refractivity contribution in [2.45, 2.75) is 37.0 Å². The normalized spacial score (nSPS) is 19.8. The van der Waals surface area contributed by atoms with Gasteiger partial charge in [0.15, 0.2) is 0 Å². The first-order valence-electron chi connectivity index (χ1n) is 9.29. The van der Waals surface area contributed by atoms with E-state index in [1.54, 1.807) is 33.5 Å².